The number of halogens is 1. The average molecular weight is 283 g/mol. The molecule has 1 saturated heterocycles. The van der Waals surface area contributed by atoms with E-state index in [1.54, 1.807) is 0 Å². The van der Waals surface area contributed by atoms with E-state index >= 15 is 0 Å². The molecule has 2 heterocycles. The van der Waals surface area contributed by atoms with Crippen molar-refractivity contribution in [2.24, 2.45) is 0 Å². The van der Waals surface area contributed by atoms with Gasteiger partial charge < -0.3 is 20.7 Å². The topological polar surface area (TPSA) is 111 Å². The van der Waals surface area contributed by atoms with Gasteiger partial charge in [0.1, 0.15) is 18.0 Å². The van der Waals surface area contributed by atoms with Crippen LogP contribution in [0.25, 0.3) is 0 Å². The van der Waals surface area contributed by atoms with Crippen LogP contribution in [0.1, 0.15) is 6.23 Å². The fraction of sp³-hybridized carbons (Fsp3) is 0.417. The molecule has 108 valence electrons. The molecule has 1 fully saturated rings. The number of rotatable bonds is 3. The van der Waals surface area contributed by atoms with E-state index in [-0.39, 0.29) is 5.82 Å². The first-order valence-corrected chi connectivity index (χ1v) is 5.79. The molecule has 0 bridgehead atoms. The van der Waals surface area contributed by atoms with Crippen LogP contribution in [-0.4, -0.2) is 44.2 Å². The van der Waals surface area contributed by atoms with Gasteiger partial charge in [0.05, 0.1) is 6.61 Å². The van der Waals surface area contributed by atoms with Crippen LogP contribution in [0.15, 0.2) is 35.4 Å². The van der Waals surface area contributed by atoms with Crippen LogP contribution in [0.3, 0.4) is 0 Å². The molecule has 1 aromatic rings. The molecule has 7 nitrogen and oxygen atoms in total. The number of nitrogen functional groups attached to an aromatic ring is 1. The third-order valence-electron chi connectivity index (χ3n) is 3.10. The third-order valence-corrected chi connectivity index (χ3v) is 3.10. The molecular weight excluding hydrogens is 269 g/mol. The largest absolute Gasteiger partial charge is 0.394 e. The van der Waals surface area contributed by atoms with E-state index in [2.05, 4.69) is 17.3 Å². The molecule has 2 rings (SSSR count). The van der Waals surface area contributed by atoms with Gasteiger partial charge in [-0.1, -0.05) is 6.58 Å². The number of hydrogen-bond donors (Lipinski definition) is 3. The van der Waals surface area contributed by atoms with Crippen LogP contribution in [0, 0.1) is 0 Å². The van der Waals surface area contributed by atoms with Gasteiger partial charge in [0, 0.05) is 12.3 Å². The molecule has 20 heavy (non-hydrogen) atoms. The van der Waals surface area contributed by atoms with E-state index < -0.39 is 36.4 Å². The number of nitrogens with two attached hydrogens (primary N) is 1. The number of ether oxygens (including phenoxy) is 1. The first-order valence-electron chi connectivity index (χ1n) is 5.79. The molecule has 4 unspecified atom stereocenters. The highest BCUT2D eigenvalue weighted by molar-refractivity contribution is 5.24. The van der Waals surface area contributed by atoms with Crippen molar-refractivity contribution in [2.45, 2.75) is 24.1 Å². The second kappa shape index (κ2) is 5.18. The van der Waals surface area contributed by atoms with Crippen LogP contribution >= 0.6 is 0 Å². The van der Waals surface area contributed by atoms with E-state index in [0.29, 0.717) is 0 Å². The zero-order valence-corrected chi connectivity index (χ0v) is 10.4. The number of nitrogens with zero attached hydrogens (tertiary/aromatic N) is 2. The van der Waals surface area contributed by atoms with Crippen molar-refractivity contribution < 1.29 is 19.3 Å². The summed E-state index contributed by atoms with van der Waals surface area (Å²) >= 11 is 0. The molecule has 0 spiro atoms. The summed E-state index contributed by atoms with van der Waals surface area (Å²) < 4.78 is 21.0. The summed E-state index contributed by atoms with van der Waals surface area (Å²) in [5.41, 5.74) is 4.28. The Bertz CT molecular complexity index is 613. The van der Waals surface area contributed by atoms with Crippen molar-refractivity contribution in [1.82, 2.24) is 9.55 Å². The van der Waals surface area contributed by atoms with Crippen LogP contribution in [0.5, 0.6) is 0 Å². The number of aromatic nitrogens is 2. The van der Waals surface area contributed by atoms with Crippen molar-refractivity contribution in [1.29, 1.82) is 0 Å². The molecule has 0 radical (unpaired) electrons. The molecule has 0 aromatic carbocycles. The number of aliphatic hydroxyl groups excluding tert-OH is 2. The van der Waals surface area contributed by atoms with Gasteiger partial charge >= 0.3 is 5.69 Å². The quantitative estimate of drug-likeness (QED) is 0.622. The molecule has 1 aliphatic heterocycles. The number of hydrogen-bond acceptors (Lipinski definition) is 6. The maximum absolute atomic E-state index is 14.9. The number of alkyl halides is 1. The molecule has 0 saturated carbocycles. The Morgan fingerprint density at radius 3 is 3.00 bits per heavy atom. The Hall–Kier alpha value is -1.99. The Kier molecular flexibility index (Phi) is 3.74. The van der Waals surface area contributed by atoms with E-state index in [0.717, 1.165) is 10.6 Å². The normalized spacial score (nSPS) is 32.9. The average Bonchev–Trinajstić information content (AvgIpc) is 2.63. The van der Waals surface area contributed by atoms with E-state index in [1.165, 1.54) is 12.3 Å². The van der Waals surface area contributed by atoms with Gasteiger partial charge in [-0.05, 0) is 6.07 Å². The molecule has 1 aromatic heterocycles. The molecule has 0 aliphatic carbocycles. The number of anilines is 1. The minimum atomic E-state index is -2.46. The minimum Gasteiger partial charge on any atom is -0.394 e. The van der Waals surface area contributed by atoms with Crippen molar-refractivity contribution in [3.63, 3.8) is 0 Å². The summed E-state index contributed by atoms with van der Waals surface area (Å²) in [6.45, 7) is 2.64. The zero-order valence-electron chi connectivity index (χ0n) is 10.4. The maximum Gasteiger partial charge on any atom is 0.351 e. The van der Waals surface area contributed by atoms with Crippen LogP contribution < -0.4 is 11.4 Å². The first-order chi connectivity index (χ1) is 9.43. The van der Waals surface area contributed by atoms with Crippen molar-refractivity contribution >= 4 is 5.82 Å². The van der Waals surface area contributed by atoms with E-state index in [1.807, 2.05) is 0 Å². The third kappa shape index (κ3) is 2.14. The highest BCUT2D eigenvalue weighted by atomic mass is 19.1. The molecule has 8 heteroatoms. The highest BCUT2D eigenvalue weighted by Crippen LogP contribution is 2.41. The fourth-order valence-electron chi connectivity index (χ4n) is 2.11. The maximum atomic E-state index is 14.9. The fourth-order valence-corrected chi connectivity index (χ4v) is 2.11. The standard InChI is InChI=1S/C12H14FN3O4/c1-2-4-12(13)9(18)7(6-17)20-10(12)16-5-3-8(14)15-11(16)19/h3-5,7,9-10,17-18H,1,6H2,(H2,14,15,19). The SMILES string of the molecule is C=C=CC1(F)C(O)C(CO)OC1n1ccc(N)nc1=O. The van der Waals surface area contributed by atoms with Crippen molar-refractivity contribution in [3.05, 3.63) is 41.1 Å². The highest BCUT2D eigenvalue weighted by Gasteiger charge is 2.57. The predicted molar refractivity (Wildman–Crippen MR) is 67.5 cm³/mol. The smallest absolute Gasteiger partial charge is 0.351 e. The summed E-state index contributed by atoms with van der Waals surface area (Å²) in [6.07, 6.45) is -2.28. The Morgan fingerprint density at radius 2 is 2.45 bits per heavy atom. The Labute approximate surface area is 113 Å². The Balaban J connectivity index is 2.53. The molecule has 1 aliphatic rings. The Morgan fingerprint density at radius 1 is 1.75 bits per heavy atom. The zero-order chi connectivity index (χ0) is 14.9. The van der Waals surface area contributed by atoms with Gasteiger partial charge in [-0.15, -0.1) is 5.73 Å². The molecule has 4 N–H and O–H groups in total. The summed E-state index contributed by atoms with van der Waals surface area (Å²) in [5, 5.41) is 19.0. The van der Waals surface area contributed by atoms with E-state index in [9.17, 15) is 14.3 Å². The summed E-state index contributed by atoms with van der Waals surface area (Å²) in [4.78, 5) is 15.2. The number of aliphatic hydroxyl groups is 2. The summed E-state index contributed by atoms with van der Waals surface area (Å²) in [6, 6.07) is 1.29. The van der Waals surface area contributed by atoms with Crippen LogP contribution in [0.4, 0.5) is 10.2 Å². The molecule has 0 amide bonds. The lowest BCUT2D eigenvalue weighted by Gasteiger charge is -2.25. The minimum absolute atomic E-state index is 0.0211. The van der Waals surface area contributed by atoms with Gasteiger partial charge in [-0.2, -0.15) is 4.98 Å². The lowest BCUT2D eigenvalue weighted by Crippen LogP contribution is -2.43. The first kappa shape index (κ1) is 14.4. The second-order valence-corrected chi connectivity index (χ2v) is 4.37. The van der Waals surface area contributed by atoms with E-state index in [4.69, 9.17) is 15.6 Å². The van der Waals surface area contributed by atoms with Gasteiger partial charge in [0.25, 0.3) is 0 Å². The molecular formula is C12H14FN3O4. The van der Waals surface area contributed by atoms with Crippen molar-refractivity contribution in [2.75, 3.05) is 12.3 Å². The summed E-state index contributed by atoms with van der Waals surface area (Å²) in [7, 11) is 0. The second-order valence-electron chi connectivity index (χ2n) is 4.37. The summed E-state index contributed by atoms with van der Waals surface area (Å²) in [5.74, 6) is -0.0211. The van der Waals surface area contributed by atoms with Gasteiger partial charge in [-0.3, -0.25) is 4.57 Å². The van der Waals surface area contributed by atoms with Crippen molar-refractivity contribution in [3.8, 4) is 0 Å². The monoisotopic (exact) mass is 283 g/mol. The van der Waals surface area contributed by atoms with Gasteiger partial charge in [0.15, 0.2) is 6.23 Å². The lowest BCUT2D eigenvalue weighted by atomic mass is 9.96. The van der Waals surface area contributed by atoms with Gasteiger partial charge in [0.2, 0.25) is 5.67 Å². The lowest BCUT2D eigenvalue weighted by molar-refractivity contribution is -0.0554. The predicted octanol–water partition coefficient (Wildman–Crippen LogP) is -0.875. The van der Waals surface area contributed by atoms with Gasteiger partial charge in [-0.25, -0.2) is 9.18 Å². The molecule has 4 atom stereocenters. The van der Waals surface area contributed by atoms with Crippen LogP contribution in [-0.2, 0) is 4.74 Å². The van der Waals surface area contributed by atoms with Crippen LogP contribution in [0.2, 0.25) is 0 Å².